The van der Waals surface area contributed by atoms with E-state index < -0.39 is 5.41 Å². The first-order valence-electron chi connectivity index (χ1n) is 10.6. The zero-order valence-corrected chi connectivity index (χ0v) is 18.7. The van der Waals surface area contributed by atoms with Crippen molar-refractivity contribution in [2.24, 2.45) is 5.41 Å². The van der Waals surface area contributed by atoms with Gasteiger partial charge in [0.05, 0.1) is 11.4 Å². The van der Waals surface area contributed by atoms with Gasteiger partial charge in [-0.25, -0.2) is 4.98 Å². The first-order chi connectivity index (χ1) is 15.0. The number of H-pyrrole nitrogens is 1. The average molecular weight is 434 g/mol. The number of aromatic nitrogens is 2. The van der Waals surface area contributed by atoms with E-state index in [-0.39, 0.29) is 11.8 Å². The molecule has 4 rings (SSSR count). The Kier molecular flexibility index (Phi) is 6.28. The topological polar surface area (TPSA) is 66.1 Å². The molecular weight excluding hydrogens is 406 g/mol. The van der Waals surface area contributed by atoms with Crippen molar-refractivity contribution in [2.45, 2.75) is 38.3 Å². The number of piperidine rings is 1. The molecule has 1 fully saturated rings. The van der Waals surface area contributed by atoms with Gasteiger partial charge in [0, 0.05) is 35.3 Å². The Balaban J connectivity index is 1.45. The summed E-state index contributed by atoms with van der Waals surface area (Å²) >= 11 is 1.62. The van der Waals surface area contributed by atoms with Crippen LogP contribution in [0.25, 0.3) is 22.5 Å². The highest BCUT2D eigenvalue weighted by atomic mass is 32.2. The Bertz CT molecular complexity index is 1000. The van der Waals surface area contributed by atoms with Crippen LogP contribution in [0.15, 0.2) is 65.8 Å². The maximum Gasteiger partial charge on any atom is 0.234 e. The number of benzene rings is 2. The zero-order chi connectivity index (χ0) is 21.8. The molecule has 31 heavy (non-hydrogen) atoms. The molecule has 0 saturated carbocycles. The Morgan fingerprint density at radius 1 is 1.00 bits per heavy atom. The van der Waals surface area contributed by atoms with Crippen molar-refractivity contribution in [2.75, 3.05) is 12.3 Å². The molecular formula is C25H27N3O2S. The van der Waals surface area contributed by atoms with Gasteiger partial charge in [-0.3, -0.25) is 14.5 Å². The number of nitrogens with zero attached hydrogens (tertiary/aromatic N) is 2. The van der Waals surface area contributed by atoms with Gasteiger partial charge >= 0.3 is 0 Å². The number of imide groups is 1. The van der Waals surface area contributed by atoms with E-state index in [4.69, 9.17) is 4.98 Å². The predicted octanol–water partition coefficient (Wildman–Crippen LogP) is 5.40. The predicted molar refractivity (Wildman–Crippen MR) is 125 cm³/mol. The standard InChI is InChI=1S/C25H27N3O2S/c1-25(2)15-14-20(29)28(23(25)30)16-9-17-31-24-26-21(18-10-5-3-6-11-18)22(27-24)19-12-7-4-8-13-19/h3-8,10-13H,9,14-17H2,1-2H3,(H,26,27). The number of amides is 2. The molecule has 0 spiro atoms. The van der Waals surface area contributed by atoms with Gasteiger partial charge in [-0.2, -0.15) is 0 Å². The minimum Gasteiger partial charge on any atom is -0.332 e. The van der Waals surface area contributed by atoms with Crippen LogP contribution in [0, 0.1) is 5.41 Å². The number of thioether (sulfide) groups is 1. The van der Waals surface area contributed by atoms with Crippen LogP contribution in [-0.4, -0.2) is 39.0 Å². The summed E-state index contributed by atoms with van der Waals surface area (Å²) in [6.07, 6.45) is 1.82. The van der Waals surface area contributed by atoms with Gasteiger partial charge in [0.15, 0.2) is 5.16 Å². The normalized spacial score (nSPS) is 16.0. The number of imidazole rings is 1. The summed E-state index contributed by atoms with van der Waals surface area (Å²) in [5, 5.41) is 0.842. The van der Waals surface area contributed by atoms with Crippen LogP contribution >= 0.6 is 11.8 Å². The summed E-state index contributed by atoms with van der Waals surface area (Å²) in [5.74, 6) is 0.669. The van der Waals surface area contributed by atoms with Crippen LogP contribution in [0.2, 0.25) is 0 Å². The van der Waals surface area contributed by atoms with Crippen molar-refractivity contribution in [1.82, 2.24) is 14.9 Å². The van der Waals surface area contributed by atoms with Crippen LogP contribution in [0.1, 0.15) is 33.1 Å². The molecule has 1 saturated heterocycles. The van der Waals surface area contributed by atoms with Crippen molar-refractivity contribution in [3.8, 4) is 22.5 Å². The number of carbonyl (C=O) groups is 2. The molecule has 0 atom stereocenters. The molecule has 1 aromatic heterocycles. The highest BCUT2D eigenvalue weighted by Gasteiger charge is 2.39. The summed E-state index contributed by atoms with van der Waals surface area (Å²) in [6.45, 7) is 4.30. The second kappa shape index (κ2) is 9.10. The van der Waals surface area contributed by atoms with Gasteiger partial charge in [-0.05, 0) is 12.8 Å². The van der Waals surface area contributed by atoms with E-state index >= 15 is 0 Å². The zero-order valence-electron chi connectivity index (χ0n) is 17.9. The smallest absolute Gasteiger partial charge is 0.234 e. The van der Waals surface area contributed by atoms with Gasteiger partial charge in [0.2, 0.25) is 11.8 Å². The molecule has 3 aromatic rings. The minimum absolute atomic E-state index is 0.0509. The van der Waals surface area contributed by atoms with Crippen LogP contribution in [0.5, 0.6) is 0 Å². The molecule has 1 aliphatic rings. The fourth-order valence-electron chi connectivity index (χ4n) is 3.80. The van der Waals surface area contributed by atoms with Crippen LogP contribution < -0.4 is 0 Å². The lowest BCUT2D eigenvalue weighted by atomic mass is 9.83. The Hall–Kier alpha value is -2.86. The molecule has 2 amide bonds. The van der Waals surface area contributed by atoms with Crippen LogP contribution in [0.3, 0.4) is 0 Å². The summed E-state index contributed by atoms with van der Waals surface area (Å²) < 4.78 is 0. The molecule has 2 heterocycles. The van der Waals surface area contributed by atoms with E-state index in [1.54, 1.807) is 11.8 Å². The van der Waals surface area contributed by atoms with E-state index in [0.29, 0.717) is 19.4 Å². The summed E-state index contributed by atoms with van der Waals surface area (Å²) in [7, 11) is 0. The van der Waals surface area contributed by atoms with Crippen molar-refractivity contribution in [3.63, 3.8) is 0 Å². The maximum absolute atomic E-state index is 12.6. The van der Waals surface area contributed by atoms with Crippen molar-refractivity contribution >= 4 is 23.6 Å². The molecule has 5 nitrogen and oxygen atoms in total. The van der Waals surface area contributed by atoms with Gasteiger partial charge in [0.25, 0.3) is 0 Å². The fraction of sp³-hybridized carbons (Fsp3) is 0.320. The lowest BCUT2D eigenvalue weighted by Gasteiger charge is -2.35. The lowest BCUT2D eigenvalue weighted by Crippen LogP contribution is -2.49. The molecule has 6 heteroatoms. The monoisotopic (exact) mass is 433 g/mol. The van der Waals surface area contributed by atoms with E-state index in [1.165, 1.54) is 4.90 Å². The van der Waals surface area contributed by atoms with E-state index in [9.17, 15) is 9.59 Å². The van der Waals surface area contributed by atoms with Gasteiger partial charge in [-0.1, -0.05) is 86.3 Å². The second-order valence-electron chi connectivity index (χ2n) is 8.43. The second-order valence-corrected chi connectivity index (χ2v) is 9.52. The molecule has 0 unspecified atom stereocenters. The molecule has 0 bridgehead atoms. The van der Waals surface area contributed by atoms with Gasteiger partial charge in [-0.15, -0.1) is 0 Å². The largest absolute Gasteiger partial charge is 0.332 e. The molecule has 160 valence electrons. The molecule has 1 aliphatic heterocycles. The van der Waals surface area contributed by atoms with Crippen molar-refractivity contribution < 1.29 is 9.59 Å². The first kappa shape index (κ1) is 21.4. The van der Waals surface area contributed by atoms with E-state index in [0.717, 1.165) is 39.8 Å². The van der Waals surface area contributed by atoms with Gasteiger partial charge in [0.1, 0.15) is 0 Å². The molecule has 0 aliphatic carbocycles. The van der Waals surface area contributed by atoms with Crippen molar-refractivity contribution in [3.05, 3.63) is 60.7 Å². The molecule has 0 radical (unpaired) electrons. The third-order valence-electron chi connectivity index (χ3n) is 5.65. The number of hydrogen-bond donors (Lipinski definition) is 1. The SMILES string of the molecule is CC1(C)CCC(=O)N(CCCSc2nc(-c3ccccc3)c(-c3ccccc3)[nH]2)C1=O. The Labute approximate surface area is 187 Å². The van der Waals surface area contributed by atoms with Crippen LogP contribution in [0.4, 0.5) is 0 Å². The first-order valence-corrected chi connectivity index (χ1v) is 11.6. The Morgan fingerprint density at radius 3 is 2.32 bits per heavy atom. The number of likely N-dealkylation sites (tertiary alicyclic amines) is 1. The quantitative estimate of drug-likeness (QED) is 0.308. The van der Waals surface area contributed by atoms with E-state index in [1.807, 2.05) is 50.2 Å². The van der Waals surface area contributed by atoms with Crippen LogP contribution in [-0.2, 0) is 9.59 Å². The number of aromatic amines is 1. The summed E-state index contributed by atoms with van der Waals surface area (Å²) in [6, 6.07) is 20.3. The number of rotatable bonds is 7. The third kappa shape index (κ3) is 4.74. The molecule has 2 aromatic carbocycles. The average Bonchev–Trinajstić information content (AvgIpc) is 3.22. The Morgan fingerprint density at radius 2 is 1.65 bits per heavy atom. The number of nitrogens with one attached hydrogen (secondary N) is 1. The summed E-state index contributed by atoms with van der Waals surface area (Å²) in [5.41, 5.74) is 3.63. The summed E-state index contributed by atoms with van der Waals surface area (Å²) in [4.78, 5) is 34.5. The highest BCUT2D eigenvalue weighted by molar-refractivity contribution is 7.99. The molecule has 1 N–H and O–H groups in total. The van der Waals surface area contributed by atoms with Crippen molar-refractivity contribution in [1.29, 1.82) is 0 Å². The fourth-order valence-corrected chi connectivity index (χ4v) is 4.59. The lowest BCUT2D eigenvalue weighted by molar-refractivity contribution is -0.156. The van der Waals surface area contributed by atoms with E-state index in [2.05, 4.69) is 29.2 Å². The minimum atomic E-state index is -0.447. The maximum atomic E-state index is 12.6. The van der Waals surface area contributed by atoms with Gasteiger partial charge < -0.3 is 4.98 Å². The number of carbonyl (C=O) groups excluding carboxylic acids is 2. The highest BCUT2D eigenvalue weighted by Crippen LogP contribution is 2.33. The third-order valence-corrected chi connectivity index (χ3v) is 6.61. The number of hydrogen-bond acceptors (Lipinski definition) is 4.